The average Bonchev–Trinajstić information content (AvgIpc) is 3.14. The molecule has 0 spiro atoms. The van der Waals surface area contributed by atoms with Gasteiger partial charge in [0, 0.05) is 63.6 Å². The van der Waals surface area contributed by atoms with Gasteiger partial charge in [0.1, 0.15) is 0 Å². The number of carbonyl (C=O) groups is 1. The molecule has 1 saturated heterocycles. The van der Waals surface area contributed by atoms with Crippen molar-refractivity contribution in [1.82, 2.24) is 34.8 Å². The van der Waals surface area contributed by atoms with Crippen molar-refractivity contribution in [2.45, 2.75) is 13.0 Å². The van der Waals surface area contributed by atoms with Gasteiger partial charge >= 0.3 is 0 Å². The third kappa shape index (κ3) is 4.03. The predicted octanol–water partition coefficient (Wildman–Crippen LogP) is 0.460. The minimum absolute atomic E-state index is 0.0277. The first kappa shape index (κ1) is 17.3. The molecule has 3 aromatic rings. The van der Waals surface area contributed by atoms with E-state index in [1.165, 1.54) is 0 Å². The number of hydrogen-bond acceptors (Lipinski definition) is 7. The van der Waals surface area contributed by atoms with Crippen LogP contribution in [0.5, 0.6) is 0 Å². The van der Waals surface area contributed by atoms with Gasteiger partial charge in [0.15, 0.2) is 5.69 Å². The Kier molecular flexibility index (Phi) is 4.93. The molecule has 9 heteroatoms. The van der Waals surface area contributed by atoms with Crippen LogP contribution in [-0.4, -0.2) is 74.1 Å². The molecule has 1 aliphatic rings. The summed E-state index contributed by atoms with van der Waals surface area (Å²) in [6, 6.07) is 3.59. The number of aromatic nitrogens is 5. The Morgan fingerprint density at radius 1 is 1.19 bits per heavy atom. The van der Waals surface area contributed by atoms with Crippen molar-refractivity contribution in [3.05, 3.63) is 48.8 Å². The van der Waals surface area contributed by atoms with Crippen molar-refractivity contribution in [2.75, 3.05) is 37.6 Å². The molecule has 140 valence electrons. The highest BCUT2D eigenvalue weighted by Crippen LogP contribution is 2.10. The number of hydrogen-bond donors (Lipinski definition) is 1. The molecule has 0 aliphatic carbocycles. The standard InChI is InChI=1S/C18H22N8O/c1-14(22-17(27)16-11-15-12-19-5-6-26(15)23-16)13-24-7-9-25(10-8-24)18-20-3-2-4-21-18/h2-6,11-12,14H,7-10,13H2,1H3,(H,22,27). The van der Waals surface area contributed by atoms with Gasteiger partial charge in [0.05, 0.1) is 11.7 Å². The zero-order valence-electron chi connectivity index (χ0n) is 15.2. The first-order chi connectivity index (χ1) is 13.2. The number of amides is 1. The molecule has 0 bridgehead atoms. The van der Waals surface area contributed by atoms with Crippen LogP contribution in [0.4, 0.5) is 5.95 Å². The Hall–Kier alpha value is -3.07. The maximum absolute atomic E-state index is 12.5. The van der Waals surface area contributed by atoms with E-state index in [1.54, 1.807) is 41.6 Å². The molecule has 0 saturated carbocycles. The Balaban J connectivity index is 1.28. The van der Waals surface area contributed by atoms with Crippen LogP contribution >= 0.6 is 0 Å². The van der Waals surface area contributed by atoms with Crippen LogP contribution in [0.25, 0.3) is 5.52 Å². The lowest BCUT2D eigenvalue weighted by Crippen LogP contribution is -2.51. The molecule has 0 aromatic carbocycles. The van der Waals surface area contributed by atoms with Crippen LogP contribution in [0, 0.1) is 0 Å². The summed E-state index contributed by atoms with van der Waals surface area (Å²) in [6.07, 6.45) is 8.59. The summed E-state index contributed by atoms with van der Waals surface area (Å²) >= 11 is 0. The van der Waals surface area contributed by atoms with Gasteiger partial charge in [-0.25, -0.2) is 14.5 Å². The van der Waals surface area contributed by atoms with E-state index < -0.39 is 0 Å². The average molecular weight is 366 g/mol. The van der Waals surface area contributed by atoms with Crippen molar-refractivity contribution >= 4 is 17.4 Å². The fourth-order valence-corrected chi connectivity index (χ4v) is 3.27. The second kappa shape index (κ2) is 7.67. The van der Waals surface area contributed by atoms with E-state index in [2.05, 4.69) is 35.2 Å². The lowest BCUT2D eigenvalue weighted by Gasteiger charge is -2.35. The molecule has 1 N–H and O–H groups in total. The fraction of sp³-hybridized carbons (Fsp3) is 0.389. The number of piperazine rings is 1. The zero-order valence-corrected chi connectivity index (χ0v) is 15.2. The van der Waals surface area contributed by atoms with Gasteiger partial charge in [0.2, 0.25) is 5.95 Å². The van der Waals surface area contributed by atoms with Crippen LogP contribution in [0.2, 0.25) is 0 Å². The minimum atomic E-state index is -0.164. The maximum atomic E-state index is 12.5. The molecule has 1 fully saturated rings. The first-order valence-corrected chi connectivity index (χ1v) is 9.03. The molecule has 1 atom stereocenters. The van der Waals surface area contributed by atoms with E-state index >= 15 is 0 Å². The normalized spacial score (nSPS) is 16.4. The number of nitrogens with one attached hydrogen (secondary N) is 1. The van der Waals surface area contributed by atoms with E-state index in [0.29, 0.717) is 5.69 Å². The Morgan fingerprint density at radius 2 is 1.96 bits per heavy atom. The van der Waals surface area contributed by atoms with Crippen molar-refractivity contribution in [1.29, 1.82) is 0 Å². The summed E-state index contributed by atoms with van der Waals surface area (Å²) in [5, 5.41) is 7.32. The summed E-state index contributed by atoms with van der Waals surface area (Å²) in [4.78, 5) is 29.6. The van der Waals surface area contributed by atoms with Crippen LogP contribution in [0.1, 0.15) is 17.4 Å². The quantitative estimate of drug-likeness (QED) is 0.701. The van der Waals surface area contributed by atoms with E-state index in [-0.39, 0.29) is 11.9 Å². The van der Waals surface area contributed by atoms with Crippen molar-refractivity contribution in [3.8, 4) is 0 Å². The highest BCUT2D eigenvalue weighted by Gasteiger charge is 2.21. The molecule has 1 amide bonds. The van der Waals surface area contributed by atoms with E-state index in [4.69, 9.17) is 0 Å². The van der Waals surface area contributed by atoms with E-state index in [0.717, 1.165) is 44.2 Å². The second-order valence-corrected chi connectivity index (χ2v) is 6.69. The van der Waals surface area contributed by atoms with E-state index in [9.17, 15) is 4.79 Å². The van der Waals surface area contributed by atoms with Gasteiger partial charge in [-0.05, 0) is 19.1 Å². The van der Waals surface area contributed by atoms with Crippen LogP contribution in [0.3, 0.4) is 0 Å². The third-order valence-corrected chi connectivity index (χ3v) is 4.61. The van der Waals surface area contributed by atoms with Crippen molar-refractivity contribution in [3.63, 3.8) is 0 Å². The van der Waals surface area contributed by atoms with Gasteiger partial charge < -0.3 is 10.2 Å². The van der Waals surface area contributed by atoms with Gasteiger partial charge in [-0.2, -0.15) is 5.10 Å². The fourth-order valence-electron chi connectivity index (χ4n) is 3.27. The molecule has 4 heterocycles. The summed E-state index contributed by atoms with van der Waals surface area (Å²) in [7, 11) is 0. The van der Waals surface area contributed by atoms with Crippen LogP contribution in [0.15, 0.2) is 43.1 Å². The third-order valence-electron chi connectivity index (χ3n) is 4.61. The summed E-state index contributed by atoms with van der Waals surface area (Å²) in [5.41, 5.74) is 1.20. The topological polar surface area (TPSA) is 91.5 Å². The van der Waals surface area contributed by atoms with Crippen LogP contribution < -0.4 is 10.2 Å². The summed E-state index contributed by atoms with van der Waals surface area (Å²) < 4.78 is 1.65. The lowest BCUT2D eigenvalue weighted by atomic mass is 10.2. The molecular weight excluding hydrogens is 344 g/mol. The van der Waals surface area contributed by atoms with E-state index in [1.807, 2.05) is 13.0 Å². The molecule has 9 nitrogen and oxygen atoms in total. The predicted molar refractivity (Wildman–Crippen MR) is 101 cm³/mol. The number of rotatable bonds is 5. The SMILES string of the molecule is CC(CN1CCN(c2ncccn2)CC1)NC(=O)c1cc2cnccn2n1. The summed E-state index contributed by atoms with van der Waals surface area (Å²) in [5.74, 6) is 0.613. The van der Waals surface area contributed by atoms with Gasteiger partial charge in [-0.15, -0.1) is 0 Å². The lowest BCUT2D eigenvalue weighted by molar-refractivity contribution is 0.0922. The number of anilines is 1. The van der Waals surface area contributed by atoms with Gasteiger partial charge in [-0.1, -0.05) is 0 Å². The molecule has 27 heavy (non-hydrogen) atoms. The molecule has 4 rings (SSSR count). The van der Waals surface area contributed by atoms with Gasteiger partial charge in [0.25, 0.3) is 5.91 Å². The monoisotopic (exact) mass is 366 g/mol. The largest absolute Gasteiger partial charge is 0.347 e. The minimum Gasteiger partial charge on any atom is -0.347 e. The van der Waals surface area contributed by atoms with Crippen molar-refractivity contribution < 1.29 is 4.79 Å². The second-order valence-electron chi connectivity index (χ2n) is 6.69. The van der Waals surface area contributed by atoms with Crippen molar-refractivity contribution in [2.24, 2.45) is 0 Å². The zero-order chi connectivity index (χ0) is 18.6. The highest BCUT2D eigenvalue weighted by molar-refractivity contribution is 5.93. The smallest absolute Gasteiger partial charge is 0.272 e. The molecule has 1 aliphatic heterocycles. The first-order valence-electron chi connectivity index (χ1n) is 9.03. The molecule has 1 unspecified atom stereocenters. The van der Waals surface area contributed by atoms with Gasteiger partial charge in [-0.3, -0.25) is 14.7 Å². The van der Waals surface area contributed by atoms with Crippen LogP contribution in [-0.2, 0) is 0 Å². The molecular formula is C18H22N8O. The Morgan fingerprint density at radius 3 is 2.70 bits per heavy atom. The molecule has 3 aromatic heterocycles. The molecule has 0 radical (unpaired) electrons. The highest BCUT2D eigenvalue weighted by atomic mass is 16.2. The Bertz CT molecular complexity index is 871. The Labute approximate surface area is 157 Å². The number of fused-ring (bicyclic) bond motifs is 1. The number of carbonyl (C=O) groups excluding carboxylic acids is 1. The number of nitrogens with zero attached hydrogens (tertiary/aromatic N) is 7. The maximum Gasteiger partial charge on any atom is 0.272 e. The summed E-state index contributed by atoms with van der Waals surface area (Å²) in [6.45, 7) is 6.40.